The van der Waals surface area contributed by atoms with Gasteiger partial charge in [0, 0.05) is 24.3 Å². The quantitative estimate of drug-likeness (QED) is 0.410. The van der Waals surface area contributed by atoms with Gasteiger partial charge in [0.25, 0.3) is 0 Å². The van der Waals surface area contributed by atoms with Crippen molar-refractivity contribution in [2.75, 3.05) is 13.1 Å². The minimum absolute atomic E-state index is 0. The maximum Gasteiger partial charge on any atom is 0.191 e. The van der Waals surface area contributed by atoms with Gasteiger partial charge in [0.05, 0.1) is 17.9 Å². The second kappa shape index (κ2) is 10.3. The van der Waals surface area contributed by atoms with Crippen molar-refractivity contribution in [1.82, 2.24) is 20.4 Å². The molecule has 6 heteroatoms. The number of para-hydroxylation sites is 1. The zero-order chi connectivity index (χ0) is 16.7. The molecule has 0 saturated heterocycles. The van der Waals surface area contributed by atoms with Gasteiger partial charge in [-0.15, -0.1) is 24.0 Å². The molecule has 0 bridgehead atoms. The van der Waals surface area contributed by atoms with E-state index in [-0.39, 0.29) is 24.0 Å². The van der Waals surface area contributed by atoms with Gasteiger partial charge in [-0.1, -0.05) is 25.1 Å². The van der Waals surface area contributed by atoms with Crippen molar-refractivity contribution in [3.63, 3.8) is 0 Å². The van der Waals surface area contributed by atoms with E-state index in [4.69, 9.17) is 4.99 Å². The molecule has 5 nitrogen and oxygen atoms in total. The summed E-state index contributed by atoms with van der Waals surface area (Å²) in [5.74, 6) is 0.862. The van der Waals surface area contributed by atoms with Gasteiger partial charge in [-0.05, 0) is 39.3 Å². The van der Waals surface area contributed by atoms with Gasteiger partial charge < -0.3 is 10.6 Å². The number of nitrogens with zero attached hydrogens (tertiary/aromatic N) is 3. The third-order valence-corrected chi connectivity index (χ3v) is 3.72. The first-order chi connectivity index (χ1) is 11.2. The molecule has 0 atom stereocenters. The van der Waals surface area contributed by atoms with Crippen LogP contribution in [0.2, 0.25) is 0 Å². The molecule has 0 aliphatic heterocycles. The standard InChI is InChI=1S/C18H27N5.HI/c1-5-12-20-18(19-6-2)21-13-17-14(3)22-23(15(17)4)16-10-8-7-9-11-16;/h7-11H,5-6,12-13H2,1-4H3,(H2,19,20,21);1H. The zero-order valence-corrected chi connectivity index (χ0v) is 17.3. The number of hydrogen-bond donors (Lipinski definition) is 2. The summed E-state index contributed by atoms with van der Waals surface area (Å²) in [5.41, 5.74) is 4.44. The molecule has 2 aromatic rings. The highest BCUT2D eigenvalue weighted by Gasteiger charge is 2.12. The number of aromatic nitrogens is 2. The smallest absolute Gasteiger partial charge is 0.191 e. The van der Waals surface area contributed by atoms with Gasteiger partial charge >= 0.3 is 0 Å². The van der Waals surface area contributed by atoms with Crippen LogP contribution in [0.3, 0.4) is 0 Å². The minimum atomic E-state index is 0. The number of aliphatic imine (C=N–C) groups is 1. The second-order valence-corrected chi connectivity index (χ2v) is 5.52. The molecule has 0 fully saturated rings. The van der Waals surface area contributed by atoms with E-state index in [2.05, 4.69) is 48.6 Å². The Labute approximate surface area is 162 Å². The molecule has 132 valence electrons. The first-order valence-electron chi connectivity index (χ1n) is 8.30. The molecule has 2 rings (SSSR count). The molecule has 0 saturated carbocycles. The predicted octanol–water partition coefficient (Wildman–Crippen LogP) is 3.57. The number of hydrogen-bond acceptors (Lipinski definition) is 2. The molecular formula is C18H28IN5. The predicted molar refractivity (Wildman–Crippen MR) is 112 cm³/mol. The lowest BCUT2D eigenvalue weighted by Crippen LogP contribution is -2.37. The van der Waals surface area contributed by atoms with Gasteiger partial charge in [0.2, 0.25) is 0 Å². The Balaban J connectivity index is 0.00000288. The highest BCUT2D eigenvalue weighted by Crippen LogP contribution is 2.18. The number of aryl methyl sites for hydroxylation is 1. The van der Waals surface area contributed by atoms with Crippen LogP contribution in [0.1, 0.15) is 37.2 Å². The molecule has 0 aliphatic carbocycles. The van der Waals surface area contributed by atoms with E-state index in [0.717, 1.165) is 42.5 Å². The van der Waals surface area contributed by atoms with E-state index >= 15 is 0 Å². The van der Waals surface area contributed by atoms with E-state index in [9.17, 15) is 0 Å². The molecule has 0 aliphatic rings. The van der Waals surface area contributed by atoms with Gasteiger partial charge in [-0.3, -0.25) is 0 Å². The summed E-state index contributed by atoms with van der Waals surface area (Å²) >= 11 is 0. The Morgan fingerprint density at radius 2 is 1.83 bits per heavy atom. The summed E-state index contributed by atoms with van der Waals surface area (Å²) in [5, 5.41) is 11.3. The number of halogens is 1. The number of nitrogens with one attached hydrogen (secondary N) is 2. The van der Waals surface area contributed by atoms with Gasteiger partial charge in [-0.2, -0.15) is 5.10 Å². The Morgan fingerprint density at radius 1 is 1.12 bits per heavy atom. The van der Waals surface area contributed by atoms with Gasteiger partial charge in [-0.25, -0.2) is 9.67 Å². The fourth-order valence-electron chi connectivity index (χ4n) is 2.47. The molecular weight excluding hydrogens is 413 g/mol. The molecule has 24 heavy (non-hydrogen) atoms. The summed E-state index contributed by atoms with van der Waals surface area (Å²) in [6.45, 7) is 10.8. The second-order valence-electron chi connectivity index (χ2n) is 5.52. The molecule has 0 spiro atoms. The van der Waals surface area contributed by atoms with E-state index < -0.39 is 0 Å². The van der Waals surface area contributed by atoms with Crippen LogP contribution in [0.5, 0.6) is 0 Å². The lowest BCUT2D eigenvalue weighted by molar-refractivity contribution is 0.784. The van der Waals surface area contributed by atoms with Crippen LogP contribution in [0.4, 0.5) is 0 Å². The average molecular weight is 441 g/mol. The molecule has 0 radical (unpaired) electrons. The van der Waals surface area contributed by atoms with Crippen LogP contribution in [0, 0.1) is 13.8 Å². The maximum absolute atomic E-state index is 4.69. The van der Waals surface area contributed by atoms with Crippen LogP contribution in [0.25, 0.3) is 5.69 Å². The van der Waals surface area contributed by atoms with Crippen molar-refractivity contribution in [3.05, 3.63) is 47.3 Å². The van der Waals surface area contributed by atoms with Crippen LogP contribution in [-0.4, -0.2) is 28.8 Å². The Hall–Kier alpha value is -1.57. The van der Waals surface area contributed by atoms with E-state index in [1.54, 1.807) is 0 Å². The maximum atomic E-state index is 4.69. The van der Waals surface area contributed by atoms with Crippen molar-refractivity contribution in [2.45, 2.75) is 40.7 Å². The summed E-state index contributed by atoms with van der Waals surface area (Å²) in [6.07, 6.45) is 1.08. The lowest BCUT2D eigenvalue weighted by Gasteiger charge is -2.10. The van der Waals surface area contributed by atoms with Crippen molar-refractivity contribution in [3.8, 4) is 5.69 Å². The first-order valence-corrected chi connectivity index (χ1v) is 8.30. The molecule has 1 aromatic heterocycles. The van der Waals surface area contributed by atoms with E-state index in [1.165, 1.54) is 5.56 Å². The van der Waals surface area contributed by atoms with Crippen LogP contribution in [-0.2, 0) is 6.54 Å². The third kappa shape index (κ3) is 5.22. The number of benzene rings is 1. The fraction of sp³-hybridized carbons (Fsp3) is 0.444. The zero-order valence-electron chi connectivity index (χ0n) is 15.0. The highest BCUT2D eigenvalue weighted by atomic mass is 127. The third-order valence-electron chi connectivity index (χ3n) is 3.72. The Bertz CT molecular complexity index is 649. The van der Waals surface area contributed by atoms with Crippen LogP contribution >= 0.6 is 24.0 Å². The molecule has 1 heterocycles. The Kier molecular flexibility index (Phi) is 8.81. The average Bonchev–Trinajstić information content (AvgIpc) is 2.85. The summed E-state index contributed by atoms with van der Waals surface area (Å²) < 4.78 is 1.99. The number of rotatable bonds is 6. The number of guanidine groups is 1. The normalized spacial score (nSPS) is 11.1. The van der Waals surface area contributed by atoms with Crippen molar-refractivity contribution in [2.24, 2.45) is 4.99 Å². The monoisotopic (exact) mass is 441 g/mol. The van der Waals surface area contributed by atoms with E-state index in [1.807, 2.05) is 29.8 Å². The highest BCUT2D eigenvalue weighted by molar-refractivity contribution is 14.0. The fourth-order valence-corrected chi connectivity index (χ4v) is 2.47. The molecule has 2 N–H and O–H groups in total. The van der Waals surface area contributed by atoms with Crippen molar-refractivity contribution in [1.29, 1.82) is 0 Å². The first kappa shape index (κ1) is 20.5. The van der Waals surface area contributed by atoms with Crippen molar-refractivity contribution < 1.29 is 0 Å². The molecule has 0 unspecified atom stereocenters. The van der Waals surface area contributed by atoms with Crippen molar-refractivity contribution >= 4 is 29.9 Å². The van der Waals surface area contributed by atoms with Crippen LogP contribution in [0.15, 0.2) is 35.3 Å². The van der Waals surface area contributed by atoms with Gasteiger partial charge in [0.15, 0.2) is 5.96 Å². The van der Waals surface area contributed by atoms with Crippen LogP contribution < -0.4 is 10.6 Å². The lowest BCUT2D eigenvalue weighted by atomic mass is 10.2. The minimum Gasteiger partial charge on any atom is -0.357 e. The summed E-state index contributed by atoms with van der Waals surface area (Å²) in [6, 6.07) is 10.2. The summed E-state index contributed by atoms with van der Waals surface area (Å²) in [4.78, 5) is 4.69. The summed E-state index contributed by atoms with van der Waals surface area (Å²) in [7, 11) is 0. The topological polar surface area (TPSA) is 54.2 Å². The van der Waals surface area contributed by atoms with Gasteiger partial charge in [0.1, 0.15) is 0 Å². The Morgan fingerprint density at radius 3 is 2.46 bits per heavy atom. The molecule has 1 aromatic carbocycles. The molecule has 0 amide bonds. The van der Waals surface area contributed by atoms with E-state index in [0.29, 0.717) is 6.54 Å². The largest absolute Gasteiger partial charge is 0.357 e. The SMILES string of the molecule is CCCNC(=NCc1c(C)nn(-c2ccccc2)c1C)NCC.I.